The lowest BCUT2D eigenvalue weighted by Crippen LogP contribution is -2.26. The van der Waals surface area contributed by atoms with Gasteiger partial charge in [0.15, 0.2) is 11.9 Å². The number of carbonyl (C=O) groups excluding carboxylic acids is 1. The van der Waals surface area contributed by atoms with E-state index in [4.69, 9.17) is 21.1 Å². The Morgan fingerprint density at radius 3 is 2.59 bits per heavy atom. The standard InChI is InChI=1S/C20H20ClN3O3/c1-4-26-20(25)13(2)27-17-9-7-16(8-10-17)24(3)19-11-14-5-6-15(21)12-18(14)22-23-19/h5-13H,4H2,1-3H3. The lowest BCUT2D eigenvalue weighted by molar-refractivity contribution is -0.150. The molecule has 27 heavy (non-hydrogen) atoms. The van der Waals surface area contributed by atoms with Gasteiger partial charge >= 0.3 is 5.97 Å². The smallest absolute Gasteiger partial charge is 0.347 e. The van der Waals surface area contributed by atoms with E-state index in [9.17, 15) is 4.79 Å². The predicted octanol–water partition coefficient (Wildman–Crippen LogP) is 4.38. The molecular formula is C20H20ClN3O3. The number of fused-ring (bicyclic) bond motifs is 1. The van der Waals surface area contributed by atoms with Crippen molar-refractivity contribution in [1.29, 1.82) is 0 Å². The molecule has 0 saturated carbocycles. The number of benzene rings is 2. The molecule has 1 unspecified atom stereocenters. The largest absolute Gasteiger partial charge is 0.479 e. The first-order chi connectivity index (χ1) is 13.0. The van der Waals surface area contributed by atoms with Crippen molar-refractivity contribution in [3.63, 3.8) is 0 Å². The fourth-order valence-electron chi connectivity index (χ4n) is 2.55. The number of hydrogen-bond donors (Lipinski definition) is 0. The minimum Gasteiger partial charge on any atom is -0.479 e. The molecule has 2 aromatic carbocycles. The molecule has 0 aliphatic carbocycles. The summed E-state index contributed by atoms with van der Waals surface area (Å²) >= 11 is 5.99. The molecule has 0 saturated heterocycles. The summed E-state index contributed by atoms with van der Waals surface area (Å²) in [6.07, 6.45) is -0.660. The third kappa shape index (κ3) is 4.46. The molecule has 0 aliphatic heterocycles. The van der Waals surface area contributed by atoms with Crippen molar-refractivity contribution in [1.82, 2.24) is 10.2 Å². The zero-order valence-electron chi connectivity index (χ0n) is 15.3. The molecule has 0 bridgehead atoms. The highest BCUT2D eigenvalue weighted by Gasteiger charge is 2.16. The Kier molecular flexibility index (Phi) is 5.76. The van der Waals surface area contributed by atoms with Crippen molar-refractivity contribution >= 4 is 40.0 Å². The first kappa shape index (κ1) is 18.9. The molecule has 0 N–H and O–H groups in total. The van der Waals surface area contributed by atoms with Crippen molar-refractivity contribution in [2.24, 2.45) is 0 Å². The number of aromatic nitrogens is 2. The highest BCUT2D eigenvalue weighted by molar-refractivity contribution is 6.31. The number of ether oxygens (including phenoxy) is 2. The number of hydrogen-bond acceptors (Lipinski definition) is 6. The summed E-state index contributed by atoms with van der Waals surface area (Å²) in [5.74, 6) is 0.913. The van der Waals surface area contributed by atoms with Crippen LogP contribution in [0.4, 0.5) is 11.5 Å². The predicted molar refractivity (Wildman–Crippen MR) is 106 cm³/mol. The Morgan fingerprint density at radius 2 is 1.89 bits per heavy atom. The normalized spacial score (nSPS) is 11.9. The Bertz CT molecular complexity index is 947. The van der Waals surface area contributed by atoms with Crippen LogP contribution >= 0.6 is 11.6 Å². The Balaban J connectivity index is 1.74. The Labute approximate surface area is 162 Å². The second-order valence-electron chi connectivity index (χ2n) is 5.97. The molecule has 6 nitrogen and oxygen atoms in total. The monoisotopic (exact) mass is 385 g/mol. The van der Waals surface area contributed by atoms with E-state index in [1.165, 1.54) is 0 Å². The minimum absolute atomic E-state index is 0.329. The number of esters is 1. The van der Waals surface area contributed by atoms with Gasteiger partial charge in [-0.3, -0.25) is 0 Å². The van der Waals surface area contributed by atoms with Gasteiger partial charge in [0, 0.05) is 23.1 Å². The van der Waals surface area contributed by atoms with Gasteiger partial charge in [-0.2, -0.15) is 0 Å². The molecule has 1 atom stereocenters. The van der Waals surface area contributed by atoms with E-state index in [1.807, 2.05) is 42.3 Å². The van der Waals surface area contributed by atoms with Crippen LogP contribution in [0.5, 0.6) is 5.75 Å². The zero-order valence-corrected chi connectivity index (χ0v) is 16.1. The van der Waals surface area contributed by atoms with Crippen LogP contribution in [0.1, 0.15) is 13.8 Å². The van der Waals surface area contributed by atoms with Gasteiger partial charge in [0.05, 0.1) is 12.1 Å². The van der Waals surface area contributed by atoms with Crippen LogP contribution in [0.3, 0.4) is 0 Å². The number of halogens is 1. The molecule has 0 amide bonds. The van der Waals surface area contributed by atoms with Crippen molar-refractivity contribution in [2.75, 3.05) is 18.6 Å². The maximum atomic E-state index is 11.7. The first-order valence-corrected chi connectivity index (χ1v) is 8.96. The molecule has 140 valence electrons. The van der Waals surface area contributed by atoms with Crippen LogP contribution in [0, 0.1) is 0 Å². The summed E-state index contributed by atoms with van der Waals surface area (Å²) in [5, 5.41) is 10.1. The summed E-state index contributed by atoms with van der Waals surface area (Å²) in [7, 11) is 1.91. The van der Waals surface area contributed by atoms with Gasteiger partial charge in [0.1, 0.15) is 5.75 Å². The van der Waals surface area contributed by atoms with Crippen LogP contribution in [0.2, 0.25) is 5.02 Å². The lowest BCUT2D eigenvalue weighted by Gasteiger charge is -2.19. The summed E-state index contributed by atoms with van der Waals surface area (Å²) < 4.78 is 10.5. The average Bonchev–Trinajstić information content (AvgIpc) is 2.67. The quantitative estimate of drug-likeness (QED) is 0.586. The molecule has 0 aliphatic rings. The van der Waals surface area contributed by atoms with E-state index in [2.05, 4.69) is 10.2 Å². The van der Waals surface area contributed by atoms with Gasteiger partial charge in [-0.25, -0.2) is 4.79 Å². The Hall–Kier alpha value is -2.86. The van der Waals surface area contributed by atoms with Gasteiger partial charge in [0.25, 0.3) is 0 Å². The zero-order chi connectivity index (χ0) is 19.4. The topological polar surface area (TPSA) is 64.6 Å². The highest BCUT2D eigenvalue weighted by Crippen LogP contribution is 2.27. The number of nitrogens with zero attached hydrogens (tertiary/aromatic N) is 3. The maximum absolute atomic E-state index is 11.7. The minimum atomic E-state index is -0.660. The van der Waals surface area contributed by atoms with E-state index in [1.54, 1.807) is 32.0 Å². The van der Waals surface area contributed by atoms with E-state index >= 15 is 0 Å². The number of carbonyl (C=O) groups is 1. The van der Waals surface area contributed by atoms with Crippen molar-refractivity contribution in [3.05, 3.63) is 53.6 Å². The van der Waals surface area contributed by atoms with Gasteiger partial charge in [-0.05, 0) is 56.3 Å². The second-order valence-corrected chi connectivity index (χ2v) is 6.41. The molecule has 7 heteroatoms. The molecule has 3 aromatic rings. The van der Waals surface area contributed by atoms with Gasteiger partial charge < -0.3 is 14.4 Å². The van der Waals surface area contributed by atoms with Crippen LogP contribution in [-0.4, -0.2) is 35.9 Å². The van der Waals surface area contributed by atoms with Crippen LogP contribution in [0.25, 0.3) is 10.9 Å². The molecule has 1 aromatic heterocycles. The van der Waals surface area contributed by atoms with Gasteiger partial charge in [-0.1, -0.05) is 17.7 Å². The fourth-order valence-corrected chi connectivity index (χ4v) is 2.72. The molecule has 0 spiro atoms. The lowest BCUT2D eigenvalue weighted by atomic mass is 10.2. The molecule has 0 fully saturated rings. The van der Waals surface area contributed by atoms with Crippen molar-refractivity contribution in [3.8, 4) is 5.75 Å². The average molecular weight is 386 g/mol. The van der Waals surface area contributed by atoms with Crippen molar-refractivity contribution < 1.29 is 14.3 Å². The molecule has 1 heterocycles. The van der Waals surface area contributed by atoms with Gasteiger partial charge in [0.2, 0.25) is 0 Å². The first-order valence-electron chi connectivity index (χ1n) is 8.58. The van der Waals surface area contributed by atoms with Crippen LogP contribution in [-0.2, 0) is 9.53 Å². The van der Waals surface area contributed by atoms with Crippen LogP contribution in [0.15, 0.2) is 48.5 Å². The van der Waals surface area contributed by atoms with E-state index in [0.29, 0.717) is 23.2 Å². The highest BCUT2D eigenvalue weighted by atomic mass is 35.5. The SMILES string of the molecule is CCOC(=O)C(C)Oc1ccc(N(C)c2cc3ccc(Cl)cc3nn2)cc1. The summed E-state index contributed by atoms with van der Waals surface area (Å²) in [5.41, 5.74) is 1.66. The molecular weight excluding hydrogens is 366 g/mol. The third-order valence-electron chi connectivity index (χ3n) is 4.04. The van der Waals surface area contributed by atoms with E-state index in [0.717, 1.165) is 16.6 Å². The van der Waals surface area contributed by atoms with E-state index in [-0.39, 0.29) is 5.97 Å². The summed E-state index contributed by atoms with van der Waals surface area (Å²) in [6.45, 7) is 3.75. The molecule has 0 radical (unpaired) electrons. The summed E-state index contributed by atoms with van der Waals surface area (Å²) in [4.78, 5) is 13.6. The van der Waals surface area contributed by atoms with Gasteiger partial charge in [-0.15, -0.1) is 10.2 Å². The number of anilines is 2. The van der Waals surface area contributed by atoms with Crippen molar-refractivity contribution in [2.45, 2.75) is 20.0 Å². The maximum Gasteiger partial charge on any atom is 0.347 e. The second kappa shape index (κ2) is 8.22. The van der Waals surface area contributed by atoms with E-state index < -0.39 is 6.10 Å². The Morgan fingerprint density at radius 1 is 1.15 bits per heavy atom. The van der Waals surface area contributed by atoms with Crippen LogP contribution < -0.4 is 9.64 Å². The number of rotatable bonds is 6. The molecule has 3 rings (SSSR count). The summed E-state index contributed by atoms with van der Waals surface area (Å²) in [6, 6.07) is 14.9. The third-order valence-corrected chi connectivity index (χ3v) is 4.27. The fraction of sp³-hybridized carbons (Fsp3) is 0.250.